The van der Waals surface area contributed by atoms with Crippen molar-refractivity contribution in [2.45, 2.75) is 97.7 Å². The molecule has 0 bridgehead atoms. The van der Waals surface area contributed by atoms with Crippen molar-refractivity contribution in [1.29, 1.82) is 0 Å². The number of halogens is 1. The van der Waals surface area contributed by atoms with E-state index < -0.39 is 0 Å². The SMILES string of the molecule is CCNC(=NCCCN(C(C)C)C(C)C)NC1CCN(C(=O)C2CCCCC2)C1.I. The molecule has 1 atom stereocenters. The summed E-state index contributed by atoms with van der Waals surface area (Å²) >= 11 is 0. The largest absolute Gasteiger partial charge is 0.357 e. The molecule has 0 aromatic carbocycles. The summed E-state index contributed by atoms with van der Waals surface area (Å²) < 4.78 is 0. The summed E-state index contributed by atoms with van der Waals surface area (Å²) in [6.07, 6.45) is 7.97. The number of likely N-dealkylation sites (tertiary alicyclic amines) is 1. The first kappa shape index (κ1) is 27.5. The molecule has 2 aliphatic rings. The molecule has 2 fully saturated rings. The normalized spacial score (nSPS) is 20.7. The first-order valence-corrected chi connectivity index (χ1v) is 12.0. The number of nitrogens with zero attached hydrogens (tertiary/aromatic N) is 3. The number of carbonyl (C=O) groups excluding carboxylic acids is 1. The summed E-state index contributed by atoms with van der Waals surface area (Å²) in [6.45, 7) is 15.6. The fourth-order valence-electron chi connectivity index (χ4n) is 4.76. The second kappa shape index (κ2) is 14.5. The Bertz CT molecular complexity index is 512. The third-order valence-corrected chi connectivity index (χ3v) is 6.31. The van der Waals surface area contributed by atoms with E-state index in [1.807, 2.05) is 0 Å². The number of guanidine groups is 1. The summed E-state index contributed by atoms with van der Waals surface area (Å²) in [5.41, 5.74) is 0. The molecule has 1 aliphatic carbocycles. The molecule has 1 unspecified atom stereocenters. The molecule has 0 aromatic rings. The Hall–Kier alpha value is -0.570. The zero-order valence-corrected chi connectivity index (χ0v) is 22.3. The average Bonchev–Trinajstić information content (AvgIpc) is 3.15. The van der Waals surface area contributed by atoms with Crippen LogP contribution in [0.2, 0.25) is 0 Å². The maximum atomic E-state index is 12.8. The van der Waals surface area contributed by atoms with E-state index in [-0.39, 0.29) is 29.9 Å². The van der Waals surface area contributed by atoms with E-state index in [4.69, 9.17) is 4.99 Å². The number of nitrogens with one attached hydrogen (secondary N) is 2. The van der Waals surface area contributed by atoms with Crippen LogP contribution in [0.1, 0.15) is 79.6 Å². The number of hydrogen-bond donors (Lipinski definition) is 2. The van der Waals surface area contributed by atoms with Crippen LogP contribution in [-0.4, -0.2) is 72.5 Å². The highest BCUT2D eigenvalue weighted by Crippen LogP contribution is 2.26. The molecule has 1 heterocycles. The molecule has 176 valence electrons. The van der Waals surface area contributed by atoms with E-state index in [0.29, 0.717) is 24.0 Å². The van der Waals surface area contributed by atoms with E-state index in [1.54, 1.807) is 0 Å². The Morgan fingerprint density at radius 2 is 1.77 bits per heavy atom. The minimum absolute atomic E-state index is 0. The molecular formula is C23H46IN5O. The van der Waals surface area contributed by atoms with Gasteiger partial charge in [-0.05, 0) is 60.3 Å². The van der Waals surface area contributed by atoms with E-state index >= 15 is 0 Å². The highest BCUT2D eigenvalue weighted by molar-refractivity contribution is 14.0. The predicted molar refractivity (Wildman–Crippen MR) is 138 cm³/mol. The Morgan fingerprint density at radius 3 is 2.37 bits per heavy atom. The van der Waals surface area contributed by atoms with Crippen molar-refractivity contribution in [2.24, 2.45) is 10.9 Å². The summed E-state index contributed by atoms with van der Waals surface area (Å²) in [5.74, 6) is 1.55. The lowest BCUT2D eigenvalue weighted by Crippen LogP contribution is -2.45. The molecule has 1 saturated heterocycles. The smallest absolute Gasteiger partial charge is 0.225 e. The van der Waals surface area contributed by atoms with Gasteiger partial charge in [-0.2, -0.15) is 0 Å². The summed E-state index contributed by atoms with van der Waals surface area (Å²) in [5, 5.41) is 6.94. The summed E-state index contributed by atoms with van der Waals surface area (Å²) in [4.78, 5) is 22.2. The zero-order valence-electron chi connectivity index (χ0n) is 20.0. The monoisotopic (exact) mass is 535 g/mol. The average molecular weight is 536 g/mol. The molecule has 6 nitrogen and oxygen atoms in total. The molecular weight excluding hydrogens is 489 g/mol. The van der Waals surface area contributed by atoms with Gasteiger partial charge in [0.15, 0.2) is 5.96 Å². The van der Waals surface area contributed by atoms with Gasteiger partial charge in [-0.15, -0.1) is 24.0 Å². The van der Waals surface area contributed by atoms with Crippen molar-refractivity contribution in [3.05, 3.63) is 0 Å². The van der Waals surface area contributed by atoms with Gasteiger partial charge in [0, 0.05) is 56.8 Å². The van der Waals surface area contributed by atoms with Crippen LogP contribution in [0.4, 0.5) is 0 Å². The van der Waals surface area contributed by atoms with Gasteiger partial charge in [-0.3, -0.25) is 14.7 Å². The first-order chi connectivity index (χ1) is 13.9. The van der Waals surface area contributed by atoms with E-state index in [9.17, 15) is 4.79 Å². The van der Waals surface area contributed by atoms with Crippen LogP contribution >= 0.6 is 24.0 Å². The van der Waals surface area contributed by atoms with E-state index in [0.717, 1.165) is 64.4 Å². The minimum Gasteiger partial charge on any atom is -0.357 e. The lowest BCUT2D eigenvalue weighted by Gasteiger charge is -2.30. The molecule has 1 aliphatic heterocycles. The molecule has 2 N–H and O–H groups in total. The Morgan fingerprint density at radius 1 is 1.10 bits per heavy atom. The van der Waals surface area contributed by atoms with E-state index in [1.165, 1.54) is 19.3 Å². The maximum absolute atomic E-state index is 12.8. The number of carbonyl (C=O) groups is 1. The molecule has 30 heavy (non-hydrogen) atoms. The van der Waals surface area contributed by atoms with Gasteiger partial charge in [0.25, 0.3) is 0 Å². The number of hydrogen-bond acceptors (Lipinski definition) is 3. The van der Waals surface area contributed by atoms with Crippen LogP contribution in [0.5, 0.6) is 0 Å². The second-order valence-corrected chi connectivity index (χ2v) is 9.29. The van der Waals surface area contributed by atoms with Gasteiger partial charge >= 0.3 is 0 Å². The molecule has 1 saturated carbocycles. The van der Waals surface area contributed by atoms with Gasteiger partial charge in [-0.1, -0.05) is 19.3 Å². The molecule has 2 rings (SSSR count). The van der Waals surface area contributed by atoms with Crippen molar-refractivity contribution < 1.29 is 4.79 Å². The molecule has 0 aromatic heterocycles. The fourth-order valence-corrected chi connectivity index (χ4v) is 4.76. The molecule has 0 spiro atoms. The summed E-state index contributed by atoms with van der Waals surface area (Å²) in [7, 11) is 0. The first-order valence-electron chi connectivity index (χ1n) is 12.0. The topological polar surface area (TPSA) is 60.0 Å². The molecule has 1 amide bonds. The van der Waals surface area contributed by atoms with Crippen LogP contribution in [-0.2, 0) is 4.79 Å². The third-order valence-electron chi connectivity index (χ3n) is 6.31. The lowest BCUT2D eigenvalue weighted by atomic mass is 9.88. The van der Waals surface area contributed by atoms with Gasteiger partial charge in [-0.25, -0.2) is 0 Å². The lowest BCUT2D eigenvalue weighted by molar-refractivity contribution is -0.135. The number of rotatable bonds is 9. The van der Waals surface area contributed by atoms with Gasteiger partial charge in [0.2, 0.25) is 5.91 Å². The molecule has 7 heteroatoms. The van der Waals surface area contributed by atoms with Crippen molar-refractivity contribution in [1.82, 2.24) is 20.4 Å². The standard InChI is InChI=1S/C23H45N5O.HI/c1-6-24-23(25-14-10-15-28(18(2)3)19(4)5)26-21-13-16-27(17-21)22(29)20-11-8-7-9-12-20;/h18-21H,6-17H2,1-5H3,(H2,24,25,26);1H. The molecule has 0 radical (unpaired) electrons. The van der Waals surface area contributed by atoms with Crippen LogP contribution in [0, 0.1) is 5.92 Å². The summed E-state index contributed by atoms with van der Waals surface area (Å²) in [6, 6.07) is 1.44. The van der Waals surface area contributed by atoms with Crippen molar-refractivity contribution in [3.63, 3.8) is 0 Å². The minimum atomic E-state index is 0. The van der Waals surface area contributed by atoms with Crippen molar-refractivity contribution in [3.8, 4) is 0 Å². The van der Waals surface area contributed by atoms with Crippen LogP contribution in [0.25, 0.3) is 0 Å². The predicted octanol–water partition coefficient (Wildman–Crippen LogP) is 3.85. The quantitative estimate of drug-likeness (QED) is 0.204. The Balaban J connectivity index is 0.00000450. The van der Waals surface area contributed by atoms with Crippen molar-refractivity contribution >= 4 is 35.8 Å². The van der Waals surface area contributed by atoms with Crippen molar-refractivity contribution in [2.75, 3.05) is 32.7 Å². The van der Waals surface area contributed by atoms with Crippen LogP contribution < -0.4 is 10.6 Å². The van der Waals surface area contributed by atoms with Crippen LogP contribution in [0.3, 0.4) is 0 Å². The Kier molecular flexibility index (Phi) is 13.3. The van der Waals surface area contributed by atoms with Gasteiger partial charge in [0.05, 0.1) is 0 Å². The fraction of sp³-hybridized carbons (Fsp3) is 0.913. The van der Waals surface area contributed by atoms with Gasteiger partial charge < -0.3 is 15.5 Å². The zero-order chi connectivity index (χ0) is 21.2. The highest BCUT2D eigenvalue weighted by atomic mass is 127. The maximum Gasteiger partial charge on any atom is 0.225 e. The number of amides is 1. The van der Waals surface area contributed by atoms with E-state index in [2.05, 4.69) is 55.1 Å². The van der Waals surface area contributed by atoms with Gasteiger partial charge in [0.1, 0.15) is 0 Å². The Labute approximate surface area is 202 Å². The second-order valence-electron chi connectivity index (χ2n) is 9.29. The highest BCUT2D eigenvalue weighted by Gasteiger charge is 2.31. The number of aliphatic imine (C=N–C) groups is 1. The van der Waals surface area contributed by atoms with Crippen LogP contribution in [0.15, 0.2) is 4.99 Å². The third kappa shape index (κ3) is 8.89.